The normalized spacial score (nSPS) is 16.3. The summed E-state index contributed by atoms with van der Waals surface area (Å²) in [4.78, 5) is 12.0. The number of carbonyl (C=O) groups is 1. The SMILES string of the molecule is COc1ccccc1-c1ccc(NC(=O)NCC2CNCCO2)cc1.Cl. The number of hydrogen-bond acceptors (Lipinski definition) is 4. The first-order chi connectivity index (χ1) is 12.3. The molecular formula is C19H24ClN3O3. The van der Waals surface area contributed by atoms with Crippen molar-refractivity contribution in [3.63, 3.8) is 0 Å². The van der Waals surface area contributed by atoms with Crippen LogP contribution < -0.4 is 20.7 Å². The molecule has 7 heteroatoms. The predicted molar refractivity (Wildman–Crippen MR) is 105 cm³/mol. The molecular weight excluding hydrogens is 354 g/mol. The van der Waals surface area contributed by atoms with Gasteiger partial charge in [0.2, 0.25) is 0 Å². The summed E-state index contributed by atoms with van der Waals surface area (Å²) in [6.45, 7) is 2.78. The zero-order chi connectivity index (χ0) is 17.5. The number of nitrogens with one attached hydrogen (secondary N) is 3. The molecule has 0 aliphatic carbocycles. The van der Waals surface area contributed by atoms with Crippen LogP contribution in [0.1, 0.15) is 0 Å². The number of anilines is 1. The third-order valence-electron chi connectivity index (χ3n) is 4.06. The molecule has 6 nitrogen and oxygen atoms in total. The predicted octanol–water partition coefficient (Wildman–Crippen LogP) is 2.89. The van der Waals surface area contributed by atoms with Crippen molar-refractivity contribution in [2.24, 2.45) is 0 Å². The zero-order valence-electron chi connectivity index (χ0n) is 14.7. The van der Waals surface area contributed by atoms with Gasteiger partial charge < -0.3 is 25.4 Å². The van der Waals surface area contributed by atoms with Crippen LogP contribution in [0.15, 0.2) is 48.5 Å². The van der Waals surface area contributed by atoms with E-state index in [2.05, 4.69) is 16.0 Å². The van der Waals surface area contributed by atoms with E-state index in [1.807, 2.05) is 48.5 Å². The van der Waals surface area contributed by atoms with Gasteiger partial charge in [-0.05, 0) is 23.8 Å². The van der Waals surface area contributed by atoms with E-state index in [9.17, 15) is 4.79 Å². The van der Waals surface area contributed by atoms with Gasteiger partial charge in [-0.2, -0.15) is 0 Å². The monoisotopic (exact) mass is 377 g/mol. The second kappa shape index (κ2) is 10.0. The first kappa shape index (κ1) is 20.0. The molecule has 0 radical (unpaired) electrons. The Morgan fingerprint density at radius 1 is 1.23 bits per heavy atom. The van der Waals surface area contributed by atoms with E-state index in [0.717, 1.165) is 35.7 Å². The van der Waals surface area contributed by atoms with E-state index in [4.69, 9.17) is 9.47 Å². The Hall–Kier alpha value is -2.28. The molecule has 1 saturated heterocycles. The maximum Gasteiger partial charge on any atom is 0.319 e. The summed E-state index contributed by atoms with van der Waals surface area (Å²) in [5.41, 5.74) is 2.78. The Kier molecular flexibility index (Phi) is 7.72. The summed E-state index contributed by atoms with van der Waals surface area (Å²) >= 11 is 0. The number of carbonyl (C=O) groups excluding carboxylic acids is 1. The Balaban J connectivity index is 0.00000243. The molecule has 26 heavy (non-hydrogen) atoms. The van der Waals surface area contributed by atoms with E-state index in [1.54, 1.807) is 7.11 Å². The van der Waals surface area contributed by atoms with Crippen molar-refractivity contribution in [2.75, 3.05) is 38.7 Å². The topological polar surface area (TPSA) is 71.6 Å². The summed E-state index contributed by atoms with van der Waals surface area (Å²) in [5, 5.41) is 8.89. The maximum absolute atomic E-state index is 12.0. The van der Waals surface area contributed by atoms with Crippen LogP contribution in [-0.4, -0.2) is 45.5 Å². The van der Waals surface area contributed by atoms with Gasteiger partial charge in [0.1, 0.15) is 5.75 Å². The van der Waals surface area contributed by atoms with Crippen LogP contribution in [0.25, 0.3) is 11.1 Å². The summed E-state index contributed by atoms with van der Waals surface area (Å²) in [5.74, 6) is 0.821. The third-order valence-corrected chi connectivity index (χ3v) is 4.06. The number of benzene rings is 2. The van der Waals surface area contributed by atoms with Gasteiger partial charge in [0.25, 0.3) is 0 Å². The van der Waals surface area contributed by atoms with Crippen molar-refractivity contribution in [1.82, 2.24) is 10.6 Å². The van der Waals surface area contributed by atoms with Crippen LogP contribution in [0.5, 0.6) is 5.75 Å². The van der Waals surface area contributed by atoms with Crippen LogP contribution >= 0.6 is 12.4 Å². The van der Waals surface area contributed by atoms with Crippen LogP contribution in [0.4, 0.5) is 10.5 Å². The molecule has 1 aliphatic heterocycles. The molecule has 0 saturated carbocycles. The number of methoxy groups -OCH3 is 1. The first-order valence-corrected chi connectivity index (χ1v) is 8.37. The molecule has 2 aromatic carbocycles. The fraction of sp³-hybridized carbons (Fsp3) is 0.316. The lowest BCUT2D eigenvalue weighted by Gasteiger charge is -2.23. The van der Waals surface area contributed by atoms with Crippen molar-refractivity contribution in [2.45, 2.75) is 6.10 Å². The van der Waals surface area contributed by atoms with Crippen LogP contribution in [0.2, 0.25) is 0 Å². The van der Waals surface area contributed by atoms with Crippen molar-refractivity contribution in [1.29, 1.82) is 0 Å². The van der Waals surface area contributed by atoms with Gasteiger partial charge in [-0.25, -0.2) is 4.79 Å². The average molecular weight is 378 g/mol. The zero-order valence-corrected chi connectivity index (χ0v) is 15.5. The molecule has 140 valence electrons. The number of morpholine rings is 1. The van der Waals surface area contributed by atoms with Crippen LogP contribution in [-0.2, 0) is 4.74 Å². The highest BCUT2D eigenvalue weighted by molar-refractivity contribution is 5.89. The highest BCUT2D eigenvalue weighted by atomic mass is 35.5. The van der Waals surface area contributed by atoms with E-state index in [-0.39, 0.29) is 24.5 Å². The van der Waals surface area contributed by atoms with Gasteiger partial charge in [0, 0.05) is 30.9 Å². The summed E-state index contributed by atoms with van der Waals surface area (Å²) in [6.07, 6.45) is 0.0208. The molecule has 3 N–H and O–H groups in total. The van der Waals surface area contributed by atoms with Crippen LogP contribution in [0, 0.1) is 0 Å². The van der Waals surface area contributed by atoms with Crippen molar-refractivity contribution in [3.8, 4) is 16.9 Å². The third kappa shape index (κ3) is 5.36. The van der Waals surface area contributed by atoms with Crippen LogP contribution in [0.3, 0.4) is 0 Å². The number of amides is 2. The second-order valence-electron chi connectivity index (χ2n) is 5.81. The fourth-order valence-corrected chi connectivity index (χ4v) is 2.75. The molecule has 1 aliphatic rings. The lowest BCUT2D eigenvalue weighted by molar-refractivity contribution is 0.0310. The van der Waals surface area contributed by atoms with Gasteiger partial charge in [-0.3, -0.25) is 0 Å². The molecule has 0 aromatic heterocycles. The van der Waals surface area contributed by atoms with Gasteiger partial charge in [-0.15, -0.1) is 12.4 Å². The van der Waals surface area contributed by atoms with Gasteiger partial charge in [-0.1, -0.05) is 30.3 Å². The number of rotatable bonds is 5. The number of urea groups is 1. The summed E-state index contributed by atoms with van der Waals surface area (Å²) < 4.78 is 10.9. The maximum atomic E-state index is 12.0. The van der Waals surface area contributed by atoms with E-state index in [1.165, 1.54) is 0 Å². The molecule has 1 atom stereocenters. The quantitative estimate of drug-likeness (QED) is 0.749. The number of halogens is 1. The molecule has 0 spiro atoms. The van der Waals surface area contributed by atoms with E-state index >= 15 is 0 Å². The number of ether oxygens (including phenoxy) is 2. The molecule has 2 aromatic rings. The lowest BCUT2D eigenvalue weighted by Crippen LogP contribution is -2.45. The summed E-state index contributed by atoms with van der Waals surface area (Å²) in [6, 6.07) is 15.3. The largest absolute Gasteiger partial charge is 0.496 e. The molecule has 3 rings (SSSR count). The van der Waals surface area contributed by atoms with Gasteiger partial charge in [0.15, 0.2) is 0 Å². The minimum Gasteiger partial charge on any atom is -0.496 e. The fourth-order valence-electron chi connectivity index (χ4n) is 2.75. The van der Waals surface area contributed by atoms with E-state index < -0.39 is 0 Å². The molecule has 1 heterocycles. The molecule has 2 amide bonds. The molecule has 1 unspecified atom stereocenters. The highest BCUT2D eigenvalue weighted by Crippen LogP contribution is 2.30. The van der Waals surface area contributed by atoms with E-state index in [0.29, 0.717) is 13.2 Å². The lowest BCUT2D eigenvalue weighted by atomic mass is 10.0. The number of para-hydroxylation sites is 1. The standard InChI is InChI=1S/C19H23N3O3.ClH/c1-24-18-5-3-2-4-17(18)14-6-8-15(9-7-14)22-19(23)21-13-16-12-20-10-11-25-16;/h2-9,16,20H,10-13H2,1H3,(H2,21,22,23);1H. The minimum atomic E-state index is -0.237. The second-order valence-corrected chi connectivity index (χ2v) is 5.81. The Bertz CT molecular complexity index is 703. The Morgan fingerprint density at radius 3 is 2.69 bits per heavy atom. The minimum absolute atomic E-state index is 0. The average Bonchev–Trinajstić information content (AvgIpc) is 2.68. The number of hydrogen-bond donors (Lipinski definition) is 3. The van der Waals surface area contributed by atoms with Gasteiger partial charge in [0.05, 0.1) is 19.8 Å². The highest BCUT2D eigenvalue weighted by Gasteiger charge is 2.14. The van der Waals surface area contributed by atoms with Crippen molar-refractivity contribution in [3.05, 3.63) is 48.5 Å². The first-order valence-electron chi connectivity index (χ1n) is 8.37. The Morgan fingerprint density at radius 2 is 2.00 bits per heavy atom. The van der Waals surface area contributed by atoms with Crippen molar-refractivity contribution < 1.29 is 14.3 Å². The van der Waals surface area contributed by atoms with Gasteiger partial charge >= 0.3 is 6.03 Å². The molecule has 1 fully saturated rings. The smallest absolute Gasteiger partial charge is 0.319 e. The van der Waals surface area contributed by atoms with Crippen molar-refractivity contribution >= 4 is 24.1 Å². The summed E-state index contributed by atoms with van der Waals surface area (Å²) in [7, 11) is 1.66. The molecule has 0 bridgehead atoms. The Labute approximate surface area is 159 Å².